The highest BCUT2D eigenvalue weighted by Crippen LogP contribution is 2.27. The standard InChI is InChI=1S/C11H9F3N4O/c12-8-2-7(3-9(13)11(8)14)18-5-6(1-10(18)19)4-16-17-15/h2-3,6H,1,4-5H2. The van der Waals surface area contributed by atoms with E-state index in [1.807, 2.05) is 0 Å². The molecule has 1 aliphatic heterocycles. The molecule has 100 valence electrons. The van der Waals surface area contributed by atoms with Crippen molar-refractivity contribution in [1.82, 2.24) is 0 Å². The molecule has 8 heteroatoms. The Morgan fingerprint density at radius 1 is 1.37 bits per heavy atom. The first-order valence-electron chi connectivity index (χ1n) is 5.48. The third-order valence-electron chi connectivity index (χ3n) is 2.89. The highest BCUT2D eigenvalue weighted by Gasteiger charge is 2.31. The molecule has 1 aliphatic rings. The molecule has 1 atom stereocenters. The number of amides is 1. The van der Waals surface area contributed by atoms with Crippen LogP contribution in [-0.2, 0) is 4.79 Å². The molecule has 0 radical (unpaired) electrons. The van der Waals surface area contributed by atoms with E-state index >= 15 is 0 Å². The van der Waals surface area contributed by atoms with E-state index < -0.39 is 17.5 Å². The lowest BCUT2D eigenvalue weighted by Crippen LogP contribution is -2.25. The summed E-state index contributed by atoms with van der Waals surface area (Å²) in [7, 11) is 0. The van der Waals surface area contributed by atoms with Crippen molar-refractivity contribution in [1.29, 1.82) is 0 Å². The fourth-order valence-corrected chi connectivity index (χ4v) is 2.00. The van der Waals surface area contributed by atoms with E-state index in [1.54, 1.807) is 0 Å². The molecule has 2 rings (SSSR count). The quantitative estimate of drug-likeness (QED) is 0.360. The number of carbonyl (C=O) groups is 1. The maximum atomic E-state index is 13.1. The van der Waals surface area contributed by atoms with E-state index in [0.717, 1.165) is 17.0 Å². The number of nitrogens with zero attached hydrogens (tertiary/aromatic N) is 4. The van der Waals surface area contributed by atoms with Gasteiger partial charge >= 0.3 is 0 Å². The number of hydrogen-bond donors (Lipinski definition) is 0. The van der Waals surface area contributed by atoms with Crippen molar-refractivity contribution in [3.05, 3.63) is 40.0 Å². The average Bonchev–Trinajstić information content (AvgIpc) is 2.74. The summed E-state index contributed by atoms with van der Waals surface area (Å²) in [5.74, 6) is -4.81. The molecule has 5 nitrogen and oxygen atoms in total. The third kappa shape index (κ3) is 2.63. The van der Waals surface area contributed by atoms with Gasteiger partial charge in [0.15, 0.2) is 17.5 Å². The minimum Gasteiger partial charge on any atom is -0.312 e. The topological polar surface area (TPSA) is 69.1 Å². The molecule has 1 amide bonds. The van der Waals surface area contributed by atoms with Crippen LogP contribution in [-0.4, -0.2) is 19.0 Å². The first-order chi connectivity index (χ1) is 9.02. The highest BCUT2D eigenvalue weighted by molar-refractivity contribution is 5.95. The Labute approximate surface area is 106 Å². The summed E-state index contributed by atoms with van der Waals surface area (Å²) in [6, 6.07) is 1.54. The summed E-state index contributed by atoms with van der Waals surface area (Å²) in [6.07, 6.45) is 0.125. The molecule has 1 aromatic rings. The summed E-state index contributed by atoms with van der Waals surface area (Å²) < 4.78 is 39.0. The van der Waals surface area contributed by atoms with Crippen molar-refractivity contribution < 1.29 is 18.0 Å². The van der Waals surface area contributed by atoms with Gasteiger partial charge < -0.3 is 4.90 Å². The van der Waals surface area contributed by atoms with Gasteiger partial charge in [-0.05, 0) is 11.4 Å². The minimum absolute atomic E-state index is 0.0372. The molecule has 1 heterocycles. The normalized spacial score (nSPS) is 18.6. The van der Waals surface area contributed by atoms with Crippen LogP contribution in [0, 0.1) is 23.4 Å². The number of carbonyl (C=O) groups excluding carboxylic acids is 1. The summed E-state index contributed by atoms with van der Waals surface area (Å²) in [5.41, 5.74) is 8.16. The van der Waals surface area contributed by atoms with E-state index in [0.29, 0.717) is 0 Å². The second-order valence-corrected chi connectivity index (χ2v) is 4.21. The SMILES string of the molecule is [N-]=[N+]=NCC1CC(=O)N(c2cc(F)c(F)c(F)c2)C1. The smallest absolute Gasteiger partial charge is 0.227 e. The van der Waals surface area contributed by atoms with Gasteiger partial charge in [-0.25, -0.2) is 13.2 Å². The summed E-state index contributed by atoms with van der Waals surface area (Å²) in [4.78, 5) is 15.5. The van der Waals surface area contributed by atoms with E-state index in [9.17, 15) is 18.0 Å². The Hall–Kier alpha value is -2.21. The molecule has 0 N–H and O–H groups in total. The molecule has 0 aliphatic carbocycles. The largest absolute Gasteiger partial charge is 0.312 e. The maximum absolute atomic E-state index is 13.1. The van der Waals surface area contributed by atoms with E-state index in [2.05, 4.69) is 10.0 Å². The second-order valence-electron chi connectivity index (χ2n) is 4.21. The van der Waals surface area contributed by atoms with Crippen LogP contribution in [0.4, 0.5) is 18.9 Å². The van der Waals surface area contributed by atoms with Gasteiger partial charge in [-0.3, -0.25) is 4.79 Å². The Balaban J connectivity index is 2.23. The van der Waals surface area contributed by atoms with Crippen LogP contribution in [0.25, 0.3) is 10.4 Å². The van der Waals surface area contributed by atoms with Gasteiger partial charge in [0.05, 0.1) is 0 Å². The summed E-state index contributed by atoms with van der Waals surface area (Å²) in [5, 5.41) is 3.36. The van der Waals surface area contributed by atoms with Crippen LogP contribution in [0.15, 0.2) is 17.2 Å². The molecule has 1 saturated heterocycles. The van der Waals surface area contributed by atoms with Crippen molar-refractivity contribution >= 4 is 11.6 Å². The predicted molar refractivity (Wildman–Crippen MR) is 60.8 cm³/mol. The van der Waals surface area contributed by atoms with Crippen LogP contribution in [0.5, 0.6) is 0 Å². The van der Waals surface area contributed by atoms with Gasteiger partial charge in [-0.1, -0.05) is 5.11 Å². The molecule has 0 spiro atoms. The third-order valence-corrected chi connectivity index (χ3v) is 2.89. The minimum atomic E-state index is -1.57. The van der Waals surface area contributed by atoms with Crippen LogP contribution < -0.4 is 4.90 Å². The van der Waals surface area contributed by atoms with Gasteiger partial charge in [0.25, 0.3) is 0 Å². The second kappa shape index (κ2) is 5.19. The Kier molecular flexibility index (Phi) is 3.62. The Morgan fingerprint density at radius 3 is 2.58 bits per heavy atom. The highest BCUT2D eigenvalue weighted by atomic mass is 19.2. The van der Waals surface area contributed by atoms with Crippen LogP contribution in [0.1, 0.15) is 6.42 Å². The van der Waals surface area contributed by atoms with E-state index in [-0.39, 0.29) is 37.0 Å². The van der Waals surface area contributed by atoms with Gasteiger partial charge in [-0.15, -0.1) is 0 Å². The monoisotopic (exact) mass is 270 g/mol. The van der Waals surface area contributed by atoms with Crippen molar-refractivity contribution in [3.63, 3.8) is 0 Å². The number of anilines is 1. The zero-order valence-corrected chi connectivity index (χ0v) is 9.68. The molecule has 0 saturated carbocycles. The van der Waals surface area contributed by atoms with Gasteiger partial charge in [0.1, 0.15) is 0 Å². The van der Waals surface area contributed by atoms with Crippen molar-refractivity contribution in [2.45, 2.75) is 6.42 Å². The van der Waals surface area contributed by atoms with Crippen molar-refractivity contribution in [2.24, 2.45) is 11.0 Å². The van der Waals surface area contributed by atoms with E-state index in [4.69, 9.17) is 5.53 Å². The molecule has 0 aromatic heterocycles. The van der Waals surface area contributed by atoms with E-state index in [1.165, 1.54) is 0 Å². The number of benzene rings is 1. The lowest BCUT2D eigenvalue weighted by Gasteiger charge is -2.16. The lowest BCUT2D eigenvalue weighted by atomic mass is 10.1. The maximum Gasteiger partial charge on any atom is 0.227 e. The van der Waals surface area contributed by atoms with Crippen LogP contribution in [0.3, 0.4) is 0 Å². The zero-order chi connectivity index (χ0) is 14.0. The molecular weight excluding hydrogens is 261 g/mol. The predicted octanol–water partition coefficient (Wildman–Crippen LogP) is 2.77. The molecule has 1 aromatic carbocycles. The fourth-order valence-electron chi connectivity index (χ4n) is 2.00. The lowest BCUT2D eigenvalue weighted by molar-refractivity contribution is -0.117. The summed E-state index contributed by atoms with van der Waals surface area (Å²) in [6.45, 7) is 0.313. The van der Waals surface area contributed by atoms with Crippen LogP contribution in [0.2, 0.25) is 0 Å². The summed E-state index contributed by atoms with van der Waals surface area (Å²) >= 11 is 0. The molecular formula is C11H9F3N4O. The first-order valence-corrected chi connectivity index (χ1v) is 5.48. The number of hydrogen-bond acceptors (Lipinski definition) is 2. The van der Waals surface area contributed by atoms with Crippen molar-refractivity contribution in [2.75, 3.05) is 18.0 Å². The number of rotatable bonds is 3. The van der Waals surface area contributed by atoms with Gasteiger partial charge in [-0.2, -0.15) is 0 Å². The fraction of sp³-hybridized carbons (Fsp3) is 0.364. The average molecular weight is 270 g/mol. The molecule has 1 fully saturated rings. The number of halogens is 3. The number of azide groups is 1. The zero-order valence-electron chi connectivity index (χ0n) is 9.68. The first kappa shape index (κ1) is 13.2. The van der Waals surface area contributed by atoms with Gasteiger partial charge in [0, 0.05) is 42.2 Å². The van der Waals surface area contributed by atoms with Gasteiger partial charge in [0.2, 0.25) is 5.91 Å². The Morgan fingerprint density at radius 2 is 2.00 bits per heavy atom. The Bertz CT molecular complexity index is 548. The molecule has 0 bridgehead atoms. The molecule has 19 heavy (non-hydrogen) atoms. The van der Waals surface area contributed by atoms with Crippen molar-refractivity contribution in [3.8, 4) is 0 Å². The molecule has 1 unspecified atom stereocenters. The van der Waals surface area contributed by atoms with Crippen LogP contribution >= 0.6 is 0 Å².